The van der Waals surface area contributed by atoms with Crippen LogP contribution in [0, 0.1) is 0 Å². The van der Waals surface area contributed by atoms with Crippen LogP contribution in [0.4, 0.5) is 0 Å². The first-order chi connectivity index (χ1) is 9.81. The molecule has 0 radical (unpaired) electrons. The standard InChI is InChI=1S/C15H21N3OS/c1-3-9-16-10-12-5-7-13(8-6-12)20-11-15-17-14(4-2)18-19-15/h5-8,16H,3-4,9-11H2,1-2H3. The third kappa shape index (κ3) is 4.65. The van der Waals surface area contributed by atoms with Gasteiger partial charge in [0, 0.05) is 17.9 Å². The summed E-state index contributed by atoms with van der Waals surface area (Å²) in [6.45, 7) is 6.19. The molecule has 0 spiro atoms. The van der Waals surface area contributed by atoms with E-state index in [1.165, 1.54) is 10.5 Å². The number of nitrogens with zero attached hydrogens (tertiary/aromatic N) is 2. The average molecular weight is 291 g/mol. The van der Waals surface area contributed by atoms with Crippen molar-refractivity contribution >= 4 is 11.8 Å². The Bertz CT molecular complexity index is 510. The van der Waals surface area contributed by atoms with Crippen LogP contribution in [0.3, 0.4) is 0 Å². The van der Waals surface area contributed by atoms with Gasteiger partial charge in [0.25, 0.3) is 0 Å². The van der Waals surface area contributed by atoms with Crippen LogP contribution >= 0.6 is 11.8 Å². The lowest BCUT2D eigenvalue weighted by Gasteiger charge is -2.04. The van der Waals surface area contributed by atoms with Crippen LogP contribution in [-0.4, -0.2) is 16.7 Å². The molecule has 1 N–H and O–H groups in total. The molecule has 1 aromatic heterocycles. The van der Waals surface area contributed by atoms with E-state index in [9.17, 15) is 0 Å². The topological polar surface area (TPSA) is 51.0 Å². The second-order valence-corrected chi connectivity index (χ2v) is 5.62. The van der Waals surface area contributed by atoms with E-state index in [0.29, 0.717) is 5.89 Å². The van der Waals surface area contributed by atoms with Gasteiger partial charge in [0.1, 0.15) is 0 Å². The maximum Gasteiger partial charge on any atom is 0.237 e. The van der Waals surface area contributed by atoms with Crippen LogP contribution in [0.15, 0.2) is 33.7 Å². The van der Waals surface area contributed by atoms with E-state index in [-0.39, 0.29) is 0 Å². The molecule has 0 unspecified atom stereocenters. The first-order valence-electron chi connectivity index (χ1n) is 7.05. The first kappa shape index (κ1) is 15.1. The van der Waals surface area contributed by atoms with Gasteiger partial charge in [-0.05, 0) is 30.7 Å². The van der Waals surface area contributed by atoms with Crippen molar-refractivity contribution in [2.24, 2.45) is 0 Å². The predicted molar refractivity (Wildman–Crippen MR) is 81.7 cm³/mol. The third-order valence-corrected chi connectivity index (χ3v) is 3.86. The normalized spacial score (nSPS) is 10.9. The zero-order valence-electron chi connectivity index (χ0n) is 12.1. The summed E-state index contributed by atoms with van der Waals surface area (Å²) in [6.07, 6.45) is 1.98. The highest BCUT2D eigenvalue weighted by Gasteiger charge is 2.05. The molecule has 2 aromatic rings. The molecule has 0 fully saturated rings. The van der Waals surface area contributed by atoms with Gasteiger partial charge in [0.15, 0.2) is 5.82 Å². The minimum absolute atomic E-state index is 0.695. The zero-order valence-corrected chi connectivity index (χ0v) is 12.9. The summed E-state index contributed by atoms with van der Waals surface area (Å²) >= 11 is 1.72. The molecule has 0 saturated carbocycles. The first-order valence-corrected chi connectivity index (χ1v) is 8.04. The van der Waals surface area contributed by atoms with Crippen molar-refractivity contribution in [2.45, 2.75) is 43.9 Å². The largest absolute Gasteiger partial charge is 0.338 e. The molecule has 0 aliphatic heterocycles. The maximum absolute atomic E-state index is 5.17. The second kappa shape index (κ2) is 8.07. The lowest BCUT2D eigenvalue weighted by Crippen LogP contribution is -2.13. The number of aryl methyl sites for hydroxylation is 1. The van der Waals surface area contributed by atoms with E-state index >= 15 is 0 Å². The van der Waals surface area contributed by atoms with Crippen molar-refractivity contribution in [1.82, 2.24) is 15.5 Å². The fraction of sp³-hybridized carbons (Fsp3) is 0.467. The highest BCUT2D eigenvalue weighted by atomic mass is 32.2. The van der Waals surface area contributed by atoms with Crippen LogP contribution in [-0.2, 0) is 18.7 Å². The Hall–Kier alpha value is -1.33. The number of hydrogen-bond donors (Lipinski definition) is 1. The summed E-state index contributed by atoms with van der Waals surface area (Å²) in [5.41, 5.74) is 1.31. The van der Waals surface area contributed by atoms with Crippen LogP contribution in [0.25, 0.3) is 0 Å². The monoisotopic (exact) mass is 291 g/mol. The highest BCUT2D eigenvalue weighted by Crippen LogP contribution is 2.22. The van der Waals surface area contributed by atoms with Crippen molar-refractivity contribution in [3.8, 4) is 0 Å². The number of benzene rings is 1. The van der Waals surface area contributed by atoms with Crippen LogP contribution < -0.4 is 5.32 Å². The Balaban J connectivity index is 1.81. The minimum atomic E-state index is 0.695. The molecule has 0 saturated heterocycles. The van der Waals surface area contributed by atoms with E-state index in [4.69, 9.17) is 4.52 Å². The van der Waals surface area contributed by atoms with Crippen LogP contribution in [0.2, 0.25) is 0 Å². The van der Waals surface area contributed by atoms with Gasteiger partial charge in [-0.1, -0.05) is 31.1 Å². The number of aromatic nitrogens is 2. The molecular weight excluding hydrogens is 270 g/mol. The molecule has 108 valence electrons. The molecule has 0 bridgehead atoms. The smallest absolute Gasteiger partial charge is 0.237 e. The maximum atomic E-state index is 5.17. The molecule has 0 atom stereocenters. The van der Waals surface area contributed by atoms with E-state index in [1.54, 1.807) is 11.8 Å². The quantitative estimate of drug-likeness (QED) is 0.596. The lowest BCUT2D eigenvalue weighted by atomic mass is 10.2. The van der Waals surface area contributed by atoms with Crippen LogP contribution in [0.5, 0.6) is 0 Å². The van der Waals surface area contributed by atoms with Gasteiger partial charge in [-0.3, -0.25) is 0 Å². The van der Waals surface area contributed by atoms with Crippen molar-refractivity contribution in [3.05, 3.63) is 41.5 Å². The summed E-state index contributed by atoms with van der Waals surface area (Å²) in [5.74, 6) is 2.19. The van der Waals surface area contributed by atoms with Crippen molar-refractivity contribution in [2.75, 3.05) is 6.54 Å². The molecule has 20 heavy (non-hydrogen) atoms. The average Bonchev–Trinajstić information content (AvgIpc) is 2.95. The van der Waals surface area contributed by atoms with Gasteiger partial charge < -0.3 is 9.84 Å². The van der Waals surface area contributed by atoms with Crippen LogP contribution in [0.1, 0.15) is 37.5 Å². The Morgan fingerprint density at radius 1 is 1.20 bits per heavy atom. The van der Waals surface area contributed by atoms with E-state index in [2.05, 4.69) is 46.6 Å². The fourth-order valence-electron chi connectivity index (χ4n) is 1.75. The second-order valence-electron chi connectivity index (χ2n) is 4.57. The van der Waals surface area contributed by atoms with E-state index < -0.39 is 0 Å². The molecule has 0 aliphatic rings. The highest BCUT2D eigenvalue weighted by molar-refractivity contribution is 7.98. The summed E-state index contributed by atoms with van der Waals surface area (Å²) in [4.78, 5) is 5.53. The zero-order chi connectivity index (χ0) is 14.2. The third-order valence-electron chi connectivity index (χ3n) is 2.87. The van der Waals surface area contributed by atoms with Gasteiger partial charge in [-0.15, -0.1) is 11.8 Å². The van der Waals surface area contributed by atoms with Crippen molar-refractivity contribution < 1.29 is 4.52 Å². The number of hydrogen-bond acceptors (Lipinski definition) is 5. The van der Waals surface area contributed by atoms with E-state index in [0.717, 1.165) is 37.5 Å². The van der Waals surface area contributed by atoms with Crippen molar-refractivity contribution in [1.29, 1.82) is 0 Å². The summed E-state index contributed by atoms with van der Waals surface area (Å²) < 4.78 is 5.17. The molecule has 1 aromatic carbocycles. The number of thioether (sulfide) groups is 1. The van der Waals surface area contributed by atoms with Crippen molar-refractivity contribution in [3.63, 3.8) is 0 Å². The van der Waals surface area contributed by atoms with Gasteiger partial charge in [0.2, 0.25) is 5.89 Å². The molecule has 5 heteroatoms. The van der Waals surface area contributed by atoms with Gasteiger partial charge in [0.05, 0.1) is 5.75 Å². The number of nitrogens with one attached hydrogen (secondary N) is 1. The Morgan fingerprint density at radius 2 is 2.00 bits per heavy atom. The number of rotatable bonds is 8. The molecule has 1 heterocycles. The summed E-state index contributed by atoms with van der Waals surface area (Å²) in [5, 5.41) is 7.29. The molecule has 2 rings (SSSR count). The SMILES string of the molecule is CCCNCc1ccc(SCc2nc(CC)no2)cc1. The van der Waals surface area contributed by atoms with Gasteiger partial charge in [-0.25, -0.2) is 0 Å². The van der Waals surface area contributed by atoms with Gasteiger partial charge in [-0.2, -0.15) is 4.98 Å². The molecule has 0 aliphatic carbocycles. The molecule has 4 nitrogen and oxygen atoms in total. The van der Waals surface area contributed by atoms with E-state index in [1.807, 2.05) is 6.92 Å². The lowest BCUT2D eigenvalue weighted by molar-refractivity contribution is 0.385. The Kier molecular flexibility index (Phi) is 6.08. The molecule has 0 amide bonds. The fourth-order valence-corrected chi connectivity index (χ4v) is 2.49. The Morgan fingerprint density at radius 3 is 2.65 bits per heavy atom. The van der Waals surface area contributed by atoms with Gasteiger partial charge >= 0.3 is 0 Å². The Labute approximate surface area is 124 Å². The summed E-state index contributed by atoms with van der Waals surface area (Å²) in [6, 6.07) is 8.61. The minimum Gasteiger partial charge on any atom is -0.338 e. The summed E-state index contributed by atoms with van der Waals surface area (Å²) in [7, 11) is 0. The predicted octanol–water partition coefficient (Wildman–Crippen LogP) is 3.42. The molecular formula is C15H21N3OS.